The van der Waals surface area contributed by atoms with Crippen LogP contribution in [0.4, 0.5) is 4.39 Å². The second-order valence-corrected chi connectivity index (χ2v) is 7.07. The fourth-order valence-corrected chi connectivity index (χ4v) is 3.34. The zero-order chi connectivity index (χ0) is 19.9. The highest BCUT2D eigenvalue weighted by atomic mass is 35.5. The molecule has 0 saturated heterocycles. The Balaban J connectivity index is 1.59. The highest BCUT2D eigenvalue weighted by Gasteiger charge is 2.14. The number of aromatic nitrogens is 3. The number of amides is 1. The second kappa shape index (κ2) is 9.48. The van der Waals surface area contributed by atoms with E-state index < -0.39 is 0 Å². The molecule has 0 spiro atoms. The van der Waals surface area contributed by atoms with Crippen LogP contribution in [0.25, 0.3) is 11.4 Å². The van der Waals surface area contributed by atoms with Gasteiger partial charge < -0.3 is 4.57 Å². The summed E-state index contributed by atoms with van der Waals surface area (Å²) in [7, 11) is 0. The van der Waals surface area contributed by atoms with Crippen molar-refractivity contribution in [3.05, 3.63) is 64.9 Å². The first-order chi connectivity index (χ1) is 13.6. The van der Waals surface area contributed by atoms with Gasteiger partial charge in [0.25, 0.3) is 5.91 Å². The molecule has 0 atom stereocenters. The first kappa shape index (κ1) is 20.0. The topological polar surface area (TPSA) is 72.2 Å². The molecule has 28 heavy (non-hydrogen) atoms. The van der Waals surface area contributed by atoms with Crippen LogP contribution >= 0.6 is 23.4 Å². The molecule has 144 valence electrons. The Morgan fingerprint density at radius 3 is 2.79 bits per heavy atom. The van der Waals surface area contributed by atoms with E-state index >= 15 is 0 Å². The van der Waals surface area contributed by atoms with Gasteiger partial charge in [0, 0.05) is 17.1 Å². The van der Waals surface area contributed by atoms with E-state index in [1.165, 1.54) is 30.1 Å². The molecule has 3 aromatic rings. The molecular formula is C19H17ClFN5OS. The summed E-state index contributed by atoms with van der Waals surface area (Å²) in [5.41, 5.74) is 3.88. The van der Waals surface area contributed by atoms with Gasteiger partial charge in [-0.1, -0.05) is 35.5 Å². The summed E-state index contributed by atoms with van der Waals surface area (Å²) in [6.45, 7) is 2.64. The zero-order valence-electron chi connectivity index (χ0n) is 15.0. The minimum atomic E-state index is -0.360. The maximum atomic E-state index is 13.1. The van der Waals surface area contributed by atoms with Crippen LogP contribution in [0.2, 0.25) is 5.02 Å². The fourth-order valence-electron chi connectivity index (χ4n) is 2.42. The van der Waals surface area contributed by atoms with Crippen molar-refractivity contribution < 1.29 is 9.18 Å². The average Bonchev–Trinajstić information content (AvgIpc) is 3.10. The highest BCUT2D eigenvalue weighted by Crippen LogP contribution is 2.24. The minimum Gasteiger partial charge on any atom is -0.302 e. The Kier molecular flexibility index (Phi) is 6.78. The van der Waals surface area contributed by atoms with Crippen LogP contribution in [0.15, 0.2) is 58.8 Å². The normalized spacial score (nSPS) is 11.1. The number of thioether (sulfide) groups is 1. The molecule has 1 amide bonds. The van der Waals surface area contributed by atoms with E-state index in [0.717, 1.165) is 5.56 Å². The van der Waals surface area contributed by atoms with Crippen molar-refractivity contribution in [1.82, 2.24) is 20.2 Å². The monoisotopic (exact) mass is 417 g/mol. The maximum absolute atomic E-state index is 13.1. The lowest BCUT2D eigenvalue weighted by Crippen LogP contribution is -2.20. The van der Waals surface area contributed by atoms with E-state index in [2.05, 4.69) is 20.7 Å². The third-order valence-corrected chi connectivity index (χ3v) is 4.94. The van der Waals surface area contributed by atoms with Crippen LogP contribution in [0.5, 0.6) is 0 Å². The minimum absolute atomic E-state index is 0.124. The van der Waals surface area contributed by atoms with Gasteiger partial charge in [-0.25, -0.2) is 9.82 Å². The standard InChI is InChI=1S/C19H17ClFN5OS/c1-2-26-18(14-6-8-15(20)9-7-14)24-25-19(26)28-12-17(27)23-22-11-13-4-3-5-16(21)10-13/h3-11H,2,12H2,1H3,(H,23,27). The molecule has 0 aliphatic heterocycles. The molecular weight excluding hydrogens is 401 g/mol. The second-order valence-electron chi connectivity index (χ2n) is 5.69. The predicted molar refractivity (Wildman–Crippen MR) is 109 cm³/mol. The number of rotatable bonds is 7. The van der Waals surface area contributed by atoms with E-state index in [1.54, 1.807) is 24.3 Å². The zero-order valence-corrected chi connectivity index (χ0v) is 16.5. The van der Waals surface area contributed by atoms with Crippen molar-refractivity contribution in [3.8, 4) is 11.4 Å². The lowest BCUT2D eigenvalue weighted by Gasteiger charge is -2.07. The van der Waals surface area contributed by atoms with Gasteiger partial charge in [-0.2, -0.15) is 5.10 Å². The number of hydrazone groups is 1. The van der Waals surface area contributed by atoms with Crippen molar-refractivity contribution >= 4 is 35.5 Å². The molecule has 1 heterocycles. The third kappa shape index (κ3) is 5.17. The Morgan fingerprint density at radius 1 is 1.29 bits per heavy atom. The maximum Gasteiger partial charge on any atom is 0.250 e. The van der Waals surface area contributed by atoms with Gasteiger partial charge in [0.1, 0.15) is 5.82 Å². The SMILES string of the molecule is CCn1c(SCC(=O)NN=Cc2cccc(F)c2)nnc1-c1ccc(Cl)cc1. The molecule has 0 bridgehead atoms. The summed E-state index contributed by atoms with van der Waals surface area (Å²) >= 11 is 7.19. The van der Waals surface area contributed by atoms with Gasteiger partial charge >= 0.3 is 0 Å². The summed E-state index contributed by atoms with van der Waals surface area (Å²) in [6, 6.07) is 13.3. The fraction of sp³-hybridized carbons (Fsp3) is 0.158. The summed E-state index contributed by atoms with van der Waals surface area (Å²) in [5.74, 6) is 0.183. The first-order valence-corrected chi connectivity index (χ1v) is 9.82. The average molecular weight is 418 g/mol. The molecule has 0 saturated carbocycles. The van der Waals surface area contributed by atoms with Crippen molar-refractivity contribution in [2.45, 2.75) is 18.6 Å². The molecule has 1 N–H and O–H groups in total. The molecule has 1 aromatic heterocycles. The number of nitrogens with zero attached hydrogens (tertiary/aromatic N) is 4. The molecule has 6 nitrogen and oxygen atoms in total. The smallest absolute Gasteiger partial charge is 0.250 e. The van der Waals surface area contributed by atoms with Crippen LogP contribution in [0, 0.1) is 5.82 Å². The van der Waals surface area contributed by atoms with E-state index in [-0.39, 0.29) is 17.5 Å². The molecule has 9 heteroatoms. The summed E-state index contributed by atoms with van der Waals surface area (Å²) < 4.78 is 15.0. The first-order valence-electron chi connectivity index (χ1n) is 8.46. The summed E-state index contributed by atoms with van der Waals surface area (Å²) in [4.78, 5) is 12.0. The van der Waals surface area contributed by atoms with Crippen LogP contribution in [0.3, 0.4) is 0 Å². The van der Waals surface area contributed by atoms with Gasteiger partial charge in [-0.3, -0.25) is 4.79 Å². The van der Waals surface area contributed by atoms with Gasteiger partial charge in [0.2, 0.25) is 0 Å². The number of carbonyl (C=O) groups is 1. The van der Waals surface area contributed by atoms with Crippen LogP contribution in [-0.4, -0.2) is 32.6 Å². The van der Waals surface area contributed by atoms with Crippen LogP contribution in [-0.2, 0) is 11.3 Å². The van der Waals surface area contributed by atoms with Crippen molar-refractivity contribution in [2.24, 2.45) is 5.10 Å². The van der Waals surface area contributed by atoms with Gasteiger partial charge in [0.05, 0.1) is 12.0 Å². The summed E-state index contributed by atoms with van der Waals surface area (Å²) in [5, 5.41) is 13.5. The third-order valence-electron chi connectivity index (χ3n) is 3.72. The van der Waals surface area contributed by atoms with E-state index in [9.17, 15) is 9.18 Å². The van der Waals surface area contributed by atoms with E-state index in [0.29, 0.717) is 28.1 Å². The molecule has 0 radical (unpaired) electrons. The lowest BCUT2D eigenvalue weighted by molar-refractivity contribution is -0.118. The Hall–Kier alpha value is -2.71. The van der Waals surface area contributed by atoms with Crippen molar-refractivity contribution in [2.75, 3.05) is 5.75 Å². The Labute approximate surface area is 170 Å². The number of carbonyl (C=O) groups excluding carboxylic acids is 1. The quantitative estimate of drug-likeness (QED) is 0.358. The van der Waals surface area contributed by atoms with Gasteiger partial charge in [-0.15, -0.1) is 10.2 Å². The molecule has 0 unspecified atom stereocenters. The highest BCUT2D eigenvalue weighted by molar-refractivity contribution is 7.99. The number of halogens is 2. The van der Waals surface area contributed by atoms with Crippen LogP contribution < -0.4 is 5.43 Å². The number of hydrogen-bond acceptors (Lipinski definition) is 5. The Bertz CT molecular complexity index is 990. The molecule has 3 rings (SSSR count). The van der Waals surface area contributed by atoms with Crippen LogP contribution in [0.1, 0.15) is 12.5 Å². The predicted octanol–water partition coefficient (Wildman–Crippen LogP) is 4.00. The molecule has 0 aliphatic rings. The Morgan fingerprint density at radius 2 is 2.07 bits per heavy atom. The lowest BCUT2D eigenvalue weighted by atomic mass is 10.2. The van der Waals surface area contributed by atoms with Gasteiger partial charge in [-0.05, 0) is 48.9 Å². The van der Waals surface area contributed by atoms with Gasteiger partial charge in [0.15, 0.2) is 11.0 Å². The molecule has 0 aliphatic carbocycles. The van der Waals surface area contributed by atoms with E-state index in [4.69, 9.17) is 11.6 Å². The number of nitrogens with one attached hydrogen (secondary N) is 1. The number of benzene rings is 2. The molecule has 2 aromatic carbocycles. The van der Waals surface area contributed by atoms with E-state index in [1.807, 2.05) is 23.6 Å². The number of hydrogen-bond donors (Lipinski definition) is 1. The van der Waals surface area contributed by atoms with Crippen molar-refractivity contribution in [1.29, 1.82) is 0 Å². The molecule has 0 fully saturated rings. The largest absolute Gasteiger partial charge is 0.302 e. The summed E-state index contributed by atoms with van der Waals surface area (Å²) in [6.07, 6.45) is 1.39. The van der Waals surface area contributed by atoms with Crippen molar-refractivity contribution in [3.63, 3.8) is 0 Å².